The number of nitrogens with two attached hydrogens (primary N) is 1. The molecule has 3 fully saturated rings. The Morgan fingerprint density at radius 1 is 1.00 bits per heavy atom. The Morgan fingerprint density at radius 3 is 2.32 bits per heavy atom. The van der Waals surface area contributed by atoms with Crippen LogP contribution in [0.4, 0.5) is 10.5 Å². The Kier molecular flexibility index (Phi) is 7.35. The summed E-state index contributed by atoms with van der Waals surface area (Å²) in [6, 6.07) is 15.0. The van der Waals surface area contributed by atoms with Crippen LogP contribution in [0, 0.1) is 5.92 Å². The van der Waals surface area contributed by atoms with Gasteiger partial charge in [0.1, 0.15) is 18.7 Å². The predicted molar refractivity (Wildman–Crippen MR) is 127 cm³/mol. The standard InChI is InChI=1S/C26H31N3O5/c1-33-25(31)22(15-17-7-11-20(27)12-8-17)28-24(30)23-19-9-13-21(14-10-19)29(23)26(32)34-16-18-5-3-2-4-6-18/h2-8,11-12,19,21-23H,9-10,13-16,27H2,1H3,(H,28,30). The number of piperidine rings is 2. The van der Waals surface area contributed by atoms with Crippen molar-refractivity contribution in [3.8, 4) is 0 Å². The second-order valence-corrected chi connectivity index (χ2v) is 8.99. The maximum absolute atomic E-state index is 13.5. The van der Waals surface area contributed by atoms with E-state index in [1.807, 2.05) is 42.5 Å². The maximum atomic E-state index is 13.5. The quantitative estimate of drug-likeness (QED) is 0.480. The van der Waals surface area contributed by atoms with Crippen molar-refractivity contribution in [2.45, 2.75) is 56.8 Å². The zero-order valence-corrected chi connectivity index (χ0v) is 19.3. The van der Waals surface area contributed by atoms with Gasteiger partial charge in [0.25, 0.3) is 0 Å². The van der Waals surface area contributed by atoms with Gasteiger partial charge in [-0.3, -0.25) is 9.69 Å². The van der Waals surface area contributed by atoms with Gasteiger partial charge in [0.05, 0.1) is 7.11 Å². The van der Waals surface area contributed by atoms with Crippen molar-refractivity contribution in [1.82, 2.24) is 10.2 Å². The van der Waals surface area contributed by atoms with Crippen molar-refractivity contribution in [3.63, 3.8) is 0 Å². The summed E-state index contributed by atoms with van der Waals surface area (Å²) in [7, 11) is 1.29. The number of carbonyl (C=O) groups excluding carboxylic acids is 3. The molecule has 1 saturated carbocycles. The SMILES string of the molecule is COC(=O)C(Cc1ccc(N)cc1)NC(=O)C1C2CCC(CC2)N1C(=O)OCc1ccccc1. The molecule has 3 N–H and O–H groups in total. The van der Waals surface area contributed by atoms with E-state index in [-0.39, 0.29) is 30.9 Å². The number of ether oxygens (including phenoxy) is 2. The predicted octanol–water partition coefficient (Wildman–Crippen LogP) is 3.05. The van der Waals surface area contributed by atoms with Crippen molar-refractivity contribution in [2.75, 3.05) is 12.8 Å². The molecule has 2 heterocycles. The van der Waals surface area contributed by atoms with Gasteiger partial charge in [0.2, 0.25) is 5.91 Å². The van der Waals surface area contributed by atoms with E-state index < -0.39 is 24.1 Å². The van der Waals surface area contributed by atoms with Crippen LogP contribution < -0.4 is 11.1 Å². The minimum atomic E-state index is -0.872. The van der Waals surface area contributed by atoms with Crippen LogP contribution in [0.1, 0.15) is 36.8 Å². The number of nitrogens with one attached hydrogen (secondary N) is 1. The summed E-state index contributed by atoms with van der Waals surface area (Å²) in [6.07, 6.45) is 3.20. The Morgan fingerprint density at radius 2 is 1.68 bits per heavy atom. The van der Waals surface area contributed by atoms with E-state index in [4.69, 9.17) is 15.2 Å². The highest BCUT2D eigenvalue weighted by Gasteiger charge is 2.48. The van der Waals surface area contributed by atoms with Crippen molar-refractivity contribution >= 4 is 23.7 Å². The summed E-state index contributed by atoms with van der Waals surface area (Å²) < 4.78 is 10.5. The Bertz CT molecular complexity index is 1000. The van der Waals surface area contributed by atoms with E-state index >= 15 is 0 Å². The minimum absolute atomic E-state index is 0.0316. The first kappa shape index (κ1) is 23.6. The molecule has 2 aromatic carbocycles. The largest absolute Gasteiger partial charge is 0.467 e. The highest BCUT2D eigenvalue weighted by Crippen LogP contribution is 2.40. The van der Waals surface area contributed by atoms with Gasteiger partial charge < -0.3 is 20.5 Å². The van der Waals surface area contributed by atoms with Gasteiger partial charge >= 0.3 is 12.1 Å². The van der Waals surface area contributed by atoms with Crippen molar-refractivity contribution < 1.29 is 23.9 Å². The Labute approximate surface area is 199 Å². The molecule has 0 aromatic heterocycles. The zero-order chi connectivity index (χ0) is 24.1. The first-order chi connectivity index (χ1) is 16.5. The topological polar surface area (TPSA) is 111 Å². The molecular formula is C26H31N3O5. The summed E-state index contributed by atoms with van der Waals surface area (Å²) in [5.74, 6) is -0.856. The third-order valence-electron chi connectivity index (χ3n) is 6.79. The Balaban J connectivity index is 1.48. The molecule has 0 radical (unpaired) electrons. The molecule has 2 amide bonds. The lowest BCUT2D eigenvalue weighted by Crippen LogP contribution is -2.64. The summed E-state index contributed by atoms with van der Waals surface area (Å²) in [5, 5.41) is 2.85. The molecule has 2 saturated heterocycles. The first-order valence-electron chi connectivity index (χ1n) is 11.7. The van der Waals surface area contributed by atoms with Crippen LogP contribution in [0.5, 0.6) is 0 Å². The monoisotopic (exact) mass is 465 g/mol. The van der Waals surface area contributed by atoms with Gasteiger partial charge in [-0.15, -0.1) is 0 Å². The molecule has 180 valence electrons. The van der Waals surface area contributed by atoms with Crippen LogP contribution in [-0.2, 0) is 32.1 Å². The number of benzene rings is 2. The molecule has 2 aromatic rings. The van der Waals surface area contributed by atoms with E-state index in [2.05, 4.69) is 5.32 Å². The minimum Gasteiger partial charge on any atom is -0.467 e. The van der Waals surface area contributed by atoms with Crippen LogP contribution in [0.15, 0.2) is 54.6 Å². The van der Waals surface area contributed by atoms with Gasteiger partial charge in [-0.1, -0.05) is 42.5 Å². The number of fused-ring (bicyclic) bond motifs is 3. The lowest BCUT2D eigenvalue weighted by molar-refractivity contribution is -0.147. The van der Waals surface area contributed by atoms with Crippen LogP contribution in [0.2, 0.25) is 0 Å². The molecule has 8 nitrogen and oxygen atoms in total. The number of rotatable bonds is 7. The Hall–Kier alpha value is -3.55. The van der Waals surface area contributed by atoms with Crippen LogP contribution in [-0.4, -0.2) is 48.1 Å². The second-order valence-electron chi connectivity index (χ2n) is 8.99. The van der Waals surface area contributed by atoms with Gasteiger partial charge in [0.15, 0.2) is 0 Å². The second kappa shape index (κ2) is 10.6. The zero-order valence-electron chi connectivity index (χ0n) is 19.3. The highest BCUT2D eigenvalue weighted by molar-refractivity contribution is 5.90. The summed E-state index contributed by atoms with van der Waals surface area (Å²) in [6.45, 7) is 0.143. The molecule has 3 aliphatic rings. The molecule has 8 heteroatoms. The molecule has 2 atom stereocenters. The summed E-state index contributed by atoms with van der Waals surface area (Å²) in [4.78, 5) is 40.6. The molecule has 1 aliphatic carbocycles. The normalized spacial score (nSPS) is 22.0. The van der Waals surface area contributed by atoms with Crippen LogP contribution in [0.25, 0.3) is 0 Å². The fraction of sp³-hybridized carbons (Fsp3) is 0.423. The van der Waals surface area contributed by atoms with Crippen LogP contribution in [0.3, 0.4) is 0 Å². The van der Waals surface area contributed by atoms with Gasteiger partial charge in [-0.2, -0.15) is 0 Å². The molecule has 2 aliphatic heterocycles. The number of esters is 1. The number of amides is 2. The molecule has 2 bridgehead atoms. The van der Waals surface area contributed by atoms with Crippen molar-refractivity contribution in [1.29, 1.82) is 0 Å². The number of nitrogen functional groups attached to an aromatic ring is 1. The van der Waals surface area contributed by atoms with Gasteiger partial charge in [0, 0.05) is 18.2 Å². The van der Waals surface area contributed by atoms with Crippen molar-refractivity contribution in [3.05, 3.63) is 65.7 Å². The molecule has 0 spiro atoms. The number of hydrogen-bond donors (Lipinski definition) is 2. The van der Waals surface area contributed by atoms with E-state index in [1.54, 1.807) is 17.0 Å². The third kappa shape index (κ3) is 5.32. The summed E-state index contributed by atoms with van der Waals surface area (Å²) >= 11 is 0. The lowest BCUT2D eigenvalue weighted by Gasteiger charge is -2.49. The summed E-state index contributed by atoms with van der Waals surface area (Å²) in [5.41, 5.74) is 8.09. The van der Waals surface area contributed by atoms with E-state index in [0.29, 0.717) is 5.69 Å². The average molecular weight is 466 g/mol. The van der Waals surface area contributed by atoms with Gasteiger partial charge in [-0.05, 0) is 54.9 Å². The number of carbonyl (C=O) groups is 3. The number of hydrogen-bond acceptors (Lipinski definition) is 6. The number of nitrogens with zero attached hydrogens (tertiary/aromatic N) is 1. The average Bonchev–Trinajstić information content (AvgIpc) is 2.88. The van der Waals surface area contributed by atoms with Crippen LogP contribution >= 0.6 is 0 Å². The molecule has 5 rings (SSSR count). The molecule has 2 unspecified atom stereocenters. The fourth-order valence-electron chi connectivity index (χ4n) is 5.03. The highest BCUT2D eigenvalue weighted by atomic mass is 16.6. The number of methoxy groups -OCH3 is 1. The fourth-order valence-corrected chi connectivity index (χ4v) is 5.03. The molecule has 34 heavy (non-hydrogen) atoms. The van der Waals surface area contributed by atoms with E-state index in [9.17, 15) is 14.4 Å². The van der Waals surface area contributed by atoms with E-state index in [0.717, 1.165) is 36.8 Å². The van der Waals surface area contributed by atoms with Gasteiger partial charge in [-0.25, -0.2) is 9.59 Å². The first-order valence-corrected chi connectivity index (χ1v) is 11.7. The lowest BCUT2D eigenvalue weighted by atomic mass is 9.74. The third-order valence-corrected chi connectivity index (χ3v) is 6.79. The molecular weight excluding hydrogens is 434 g/mol. The van der Waals surface area contributed by atoms with E-state index in [1.165, 1.54) is 7.11 Å². The van der Waals surface area contributed by atoms with Crippen molar-refractivity contribution in [2.24, 2.45) is 5.92 Å². The number of anilines is 1. The smallest absolute Gasteiger partial charge is 0.411 e. The maximum Gasteiger partial charge on any atom is 0.411 e.